The number of amides is 1. The number of nitrogens with one attached hydrogen (secondary N) is 1. The zero-order chi connectivity index (χ0) is 20.7. The fourth-order valence-electron chi connectivity index (χ4n) is 2.57. The van der Waals surface area contributed by atoms with E-state index in [2.05, 4.69) is 5.32 Å². The van der Waals surface area contributed by atoms with E-state index in [4.69, 9.17) is 27.9 Å². The van der Waals surface area contributed by atoms with Gasteiger partial charge in [0, 0.05) is 24.5 Å². The van der Waals surface area contributed by atoms with Gasteiger partial charge in [-0.25, -0.2) is 8.42 Å². The monoisotopic (exact) mass is 444 g/mol. The first-order chi connectivity index (χ1) is 13.2. The van der Waals surface area contributed by atoms with Gasteiger partial charge in [-0.05, 0) is 42.3 Å². The van der Waals surface area contributed by atoms with Crippen LogP contribution < -0.4 is 14.4 Å². The Morgan fingerprint density at radius 2 is 1.82 bits per heavy atom. The quantitative estimate of drug-likeness (QED) is 0.636. The van der Waals surface area contributed by atoms with Crippen LogP contribution in [-0.4, -0.2) is 34.2 Å². The van der Waals surface area contributed by atoms with Crippen molar-refractivity contribution in [2.75, 3.05) is 24.2 Å². The number of benzene rings is 2. The van der Waals surface area contributed by atoms with Crippen LogP contribution in [-0.2, 0) is 21.4 Å². The molecule has 0 aliphatic carbocycles. The Balaban J connectivity index is 1.92. The van der Waals surface area contributed by atoms with Crippen LogP contribution in [0.15, 0.2) is 42.5 Å². The lowest BCUT2D eigenvalue weighted by Crippen LogP contribution is -2.32. The molecule has 2 aromatic rings. The Morgan fingerprint density at radius 1 is 1.14 bits per heavy atom. The van der Waals surface area contributed by atoms with Crippen molar-refractivity contribution in [2.45, 2.75) is 19.4 Å². The molecule has 0 aromatic heterocycles. The van der Waals surface area contributed by atoms with E-state index in [1.165, 1.54) is 17.5 Å². The van der Waals surface area contributed by atoms with Crippen LogP contribution in [0, 0.1) is 0 Å². The first-order valence-corrected chi connectivity index (χ1v) is 11.1. The van der Waals surface area contributed by atoms with Crippen molar-refractivity contribution < 1.29 is 17.9 Å². The molecule has 0 bridgehead atoms. The third kappa shape index (κ3) is 6.58. The maximum atomic E-state index is 12.2. The molecular formula is C19H22Cl2N2O4S. The van der Waals surface area contributed by atoms with Crippen LogP contribution in [0.25, 0.3) is 0 Å². The van der Waals surface area contributed by atoms with Crippen molar-refractivity contribution in [3.05, 3.63) is 58.1 Å². The maximum Gasteiger partial charge on any atom is 0.232 e. The number of anilines is 1. The van der Waals surface area contributed by atoms with E-state index in [-0.39, 0.29) is 18.9 Å². The summed E-state index contributed by atoms with van der Waals surface area (Å²) in [6.45, 7) is 0.551. The van der Waals surface area contributed by atoms with E-state index in [0.717, 1.165) is 11.8 Å². The fourth-order valence-corrected chi connectivity index (χ4v) is 3.91. The standard InChI is InChI=1S/C19H22Cl2N2O4S/c1-27-18-10-9-16(12-17(18)21)23(28(2,25)26)11-3-4-19(24)22-13-14-5-7-15(20)8-6-14/h5-10,12H,3-4,11,13H2,1-2H3,(H,22,24). The SMILES string of the molecule is COc1ccc(N(CCCC(=O)NCc2ccc(Cl)cc2)S(C)(=O)=O)cc1Cl. The minimum Gasteiger partial charge on any atom is -0.495 e. The van der Waals surface area contributed by atoms with Gasteiger partial charge < -0.3 is 10.1 Å². The lowest BCUT2D eigenvalue weighted by Gasteiger charge is -2.23. The maximum absolute atomic E-state index is 12.2. The van der Waals surface area contributed by atoms with Gasteiger partial charge in [0.25, 0.3) is 0 Å². The molecule has 0 spiro atoms. The second-order valence-electron chi connectivity index (χ2n) is 6.16. The second-order valence-corrected chi connectivity index (χ2v) is 8.91. The van der Waals surface area contributed by atoms with Gasteiger partial charge in [0.2, 0.25) is 15.9 Å². The molecule has 2 rings (SSSR count). The first-order valence-electron chi connectivity index (χ1n) is 8.53. The number of methoxy groups -OCH3 is 1. The molecule has 2 aromatic carbocycles. The third-order valence-electron chi connectivity index (χ3n) is 3.99. The van der Waals surface area contributed by atoms with E-state index in [9.17, 15) is 13.2 Å². The summed E-state index contributed by atoms with van der Waals surface area (Å²) in [5, 5.41) is 3.76. The molecule has 0 fully saturated rings. The summed E-state index contributed by atoms with van der Waals surface area (Å²) in [5.74, 6) is 0.302. The molecule has 0 atom stereocenters. The highest BCUT2D eigenvalue weighted by molar-refractivity contribution is 7.92. The third-order valence-corrected chi connectivity index (χ3v) is 5.73. The van der Waals surface area contributed by atoms with Crippen LogP contribution >= 0.6 is 23.2 Å². The van der Waals surface area contributed by atoms with E-state index < -0.39 is 10.0 Å². The van der Waals surface area contributed by atoms with Crippen LogP contribution in [0.1, 0.15) is 18.4 Å². The predicted octanol–water partition coefficient (Wildman–Crippen LogP) is 3.86. The Labute approximate surface area is 175 Å². The summed E-state index contributed by atoms with van der Waals surface area (Å²) in [6, 6.07) is 11.9. The minimum atomic E-state index is -3.52. The average molecular weight is 445 g/mol. The molecule has 0 saturated carbocycles. The molecular weight excluding hydrogens is 423 g/mol. The number of halogens is 2. The smallest absolute Gasteiger partial charge is 0.232 e. The van der Waals surface area contributed by atoms with Gasteiger partial charge in [-0.2, -0.15) is 0 Å². The van der Waals surface area contributed by atoms with Crippen molar-refractivity contribution in [1.82, 2.24) is 5.32 Å². The summed E-state index contributed by atoms with van der Waals surface area (Å²) < 4.78 is 30.6. The van der Waals surface area contributed by atoms with Crippen molar-refractivity contribution >= 4 is 44.8 Å². The van der Waals surface area contributed by atoms with Gasteiger partial charge in [0.15, 0.2) is 0 Å². The summed E-state index contributed by atoms with van der Waals surface area (Å²) in [5.41, 5.74) is 1.36. The van der Waals surface area contributed by atoms with Crippen LogP contribution in [0.2, 0.25) is 10.0 Å². The zero-order valence-corrected chi connectivity index (χ0v) is 17.9. The number of rotatable bonds is 9. The van der Waals surface area contributed by atoms with Gasteiger partial charge in [-0.3, -0.25) is 9.10 Å². The molecule has 0 radical (unpaired) electrons. The molecule has 152 valence electrons. The Hall–Kier alpha value is -1.96. The Morgan fingerprint density at radius 3 is 2.39 bits per heavy atom. The number of sulfonamides is 1. The van der Waals surface area contributed by atoms with Gasteiger partial charge in [0.1, 0.15) is 5.75 Å². The first kappa shape index (κ1) is 22.3. The minimum absolute atomic E-state index is 0.156. The van der Waals surface area contributed by atoms with Gasteiger partial charge >= 0.3 is 0 Å². The van der Waals surface area contributed by atoms with Crippen molar-refractivity contribution in [3.63, 3.8) is 0 Å². The lowest BCUT2D eigenvalue weighted by molar-refractivity contribution is -0.121. The second kappa shape index (κ2) is 10.0. The summed E-state index contributed by atoms with van der Waals surface area (Å²) in [7, 11) is -2.04. The van der Waals surface area contributed by atoms with E-state index in [0.29, 0.717) is 34.4 Å². The van der Waals surface area contributed by atoms with Crippen LogP contribution in [0.4, 0.5) is 5.69 Å². The van der Waals surface area contributed by atoms with Crippen molar-refractivity contribution in [2.24, 2.45) is 0 Å². The number of nitrogens with zero attached hydrogens (tertiary/aromatic N) is 1. The van der Waals surface area contributed by atoms with E-state index >= 15 is 0 Å². The highest BCUT2D eigenvalue weighted by Gasteiger charge is 2.19. The summed E-state index contributed by atoms with van der Waals surface area (Å²) in [6.07, 6.45) is 1.68. The number of carbonyl (C=O) groups excluding carboxylic acids is 1. The van der Waals surface area contributed by atoms with Gasteiger partial charge in [0.05, 0.1) is 24.1 Å². The van der Waals surface area contributed by atoms with Gasteiger partial charge in [-0.1, -0.05) is 35.3 Å². The number of hydrogen-bond donors (Lipinski definition) is 1. The molecule has 0 aliphatic heterocycles. The molecule has 0 unspecified atom stereocenters. The van der Waals surface area contributed by atoms with E-state index in [1.807, 2.05) is 12.1 Å². The van der Waals surface area contributed by atoms with Crippen LogP contribution in [0.5, 0.6) is 5.75 Å². The Bertz CT molecular complexity index is 918. The summed E-state index contributed by atoms with van der Waals surface area (Å²) in [4.78, 5) is 12.0. The molecule has 1 amide bonds. The molecule has 1 N–H and O–H groups in total. The number of hydrogen-bond acceptors (Lipinski definition) is 4. The topological polar surface area (TPSA) is 75.7 Å². The largest absolute Gasteiger partial charge is 0.495 e. The van der Waals surface area contributed by atoms with Gasteiger partial charge in [-0.15, -0.1) is 0 Å². The number of ether oxygens (including phenoxy) is 1. The zero-order valence-electron chi connectivity index (χ0n) is 15.6. The Kier molecular flexibility index (Phi) is 7.98. The van der Waals surface area contributed by atoms with Crippen LogP contribution in [0.3, 0.4) is 0 Å². The average Bonchev–Trinajstić information content (AvgIpc) is 2.63. The highest BCUT2D eigenvalue weighted by atomic mass is 35.5. The molecule has 0 heterocycles. The molecule has 6 nitrogen and oxygen atoms in total. The predicted molar refractivity (Wildman–Crippen MR) is 113 cm³/mol. The normalized spacial score (nSPS) is 11.1. The summed E-state index contributed by atoms with van der Waals surface area (Å²) >= 11 is 11.9. The lowest BCUT2D eigenvalue weighted by atomic mass is 10.2. The van der Waals surface area contributed by atoms with Crippen molar-refractivity contribution in [3.8, 4) is 5.75 Å². The molecule has 9 heteroatoms. The molecule has 28 heavy (non-hydrogen) atoms. The van der Waals surface area contributed by atoms with Crippen molar-refractivity contribution in [1.29, 1.82) is 0 Å². The van der Waals surface area contributed by atoms with E-state index in [1.54, 1.807) is 24.3 Å². The number of carbonyl (C=O) groups is 1. The fraction of sp³-hybridized carbons (Fsp3) is 0.316. The highest BCUT2D eigenvalue weighted by Crippen LogP contribution is 2.30. The molecule has 0 saturated heterocycles. The molecule has 0 aliphatic rings.